The largest absolute Gasteiger partial charge is 0.321 e. The number of halogens is 2. The molecule has 6 nitrogen and oxygen atoms in total. The standard InChI is InChI=1S/C21H24F2N4O2/c1-15-2-7-19(18(23)12-15)25-21(29)14-27-10-8-26(9-11-27)13-20(28)24-17-5-3-16(22)4-6-17/h2-7,12H,8-11,13-14H2,1H3,(H,24,28)(H,25,29)/p+2. The zero-order valence-corrected chi connectivity index (χ0v) is 16.4. The first-order chi connectivity index (χ1) is 13.9. The van der Waals surface area contributed by atoms with Gasteiger partial charge in [-0.1, -0.05) is 6.07 Å². The molecule has 0 spiro atoms. The van der Waals surface area contributed by atoms with Crippen molar-refractivity contribution in [3.05, 3.63) is 59.7 Å². The van der Waals surface area contributed by atoms with Crippen LogP contribution in [0.15, 0.2) is 42.5 Å². The Kier molecular flexibility index (Phi) is 6.90. The lowest BCUT2D eigenvalue weighted by Crippen LogP contribution is -3.28. The second kappa shape index (κ2) is 9.58. The van der Waals surface area contributed by atoms with E-state index in [4.69, 9.17) is 0 Å². The van der Waals surface area contributed by atoms with Gasteiger partial charge in [0.05, 0.1) is 5.69 Å². The summed E-state index contributed by atoms with van der Waals surface area (Å²) in [6, 6.07) is 10.4. The third-order valence-electron chi connectivity index (χ3n) is 5.01. The molecule has 8 heteroatoms. The van der Waals surface area contributed by atoms with E-state index in [-0.39, 0.29) is 29.9 Å². The van der Waals surface area contributed by atoms with Crippen LogP contribution in [0.4, 0.5) is 20.2 Å². The summed E-state index contributed by atoms with van der Waals surface area (Å²) in [6.07, 6.45) is 0. The van der Waals surface area contributed by atoms with Crippen molar-refractivity contribution < 1.29 is 28.2 Å². The lowest BCUT2D eigenvalue weighted by molar-refractivity contribution is -1.00. The molecule has 0 aromatic heterocycles. The molecule has 0 aliphatic carbocycles. The minimum absolute atomic E-state index is 0.123. The minimum Gasteiger partial charge on any atom is -0.321 e. The van der Waals surface area contributed by atoms with Gasteiger partial charge < -0.3 is 20.4 Å². The van der Waals surface area contributed by atoms with Crippen molar-refractivity contribution in [1.29, 1.82) is 0 Å². The number of nitrogens with one attached hydrogen (secondary N) is 4. The number of piperazine rings is 1. The normalized spacial score (nSPS) is 18.9. The summed E-state index contributed by atoms with van der Waals surface area (Å²) in [5.41, 5.74) is 1.57. The summed E-state index contributed by atoms with van der Waals surface area (Å²) >= 11 is 0. The van der Waals surface area contributed by atoms with E-state index in [0.29, 0.717) is 12.2 Å². The molecule has 0 saturated carbocycles. The molecule has 3 rings (SSSR count). The number of carbonyl (C=O) groups excluding carboxylic acids is 2. The summed E-state index contributed by atoms with van der Waals surface area (Å²) in [6.45, 7) is 5.41. The Morgan fingerprint density at radius 3 is 1.97 bits per heavy atom. The van der Waals surface area contributed by atoms with E-state index in [0.717, 1.165) is 41.5 Å². The van der Waals surface area contributed by atoms with Crippen LogP contribution in [-0.4, -0.2) is 51.1 Å². The van der Waals surface area contributed by atoms with Gasteiger partial charge in [-0.25, -0.2) is 8.78 Å². The number of hydrogen-bond donors (Lipinski definition) is 4. The van der Waals surface area contributed by atoms with Crippen molar-refractivity contribution in [2.24, 2.45) is 0 Å². The lowest BCUT2D eigenvalue weighted by atomic mass is 10.2. The molecule has 29 heavy (non-hydrogen) atoms. The molecule has 2 aromatic carbocycles. The van der Waals surface area contributed by atoms with Crippen LogP contribution >= 0.6 is 0 Å². The fourth-order valence-electron chi connectivity index (χ4n) is 3.42. The van der Waals surface area contributed by atoms with Crippen LogP contribution in [0.25, 0.3) is 0 Å². The van der Waals surface area contributed by atoms with Gasteiger partial charge in [0.15, 0.2) is 13.1 Å². The molecule has 0 bridgehead atoms. The third-order valence-corrected chi connectivity index (χ3v) is 5.01. The van der Waals surface area contributed by atoms with Crippen LogP contribution in [0.5, 0.6) is 0 Å². The monoisotopic (exact) mass is 404 g/mol. The molecular weight excluding hydrogens is 378 g/mol. The maximum atomic E-state index is 13.9. The molecule has 0 atom stereocenters. The summed E-state index contributed by atoms with van der Waals surface area (Å²) in [5, 5.41) is 5.39. The van der Waals surface area contributed by atoms with Gasteiger partial charge >= 0.3 is 0 Å². The van der Waals surface area contributed by atoms with Gasteiger partial charge in [0.25, 0.3) is 11.8 Å². The zero-order chi connectivity index (χ0) is 20.8. The predicted molar refractivity (Wildman–Crippen MR) is 106 cm³/mol. The highest BCUT2D eigenvalue weighted by Crippen LogP contribution is 2.14. The van der Waals surface area contributed by atoms with Crippen molar-refractivity contribution >= 4 is 23.2 Å². The average Bonchev–Trinajstić information content (AvgIpc) is 2.67. The maximum Gasteiger partial charge on any atom is 0.279 e. The summed E-state index contributed by atoms with van der Waals surface area (Å²) in [5.74, 6) is -1.13. The molecule has 4 N–H and O–H groups in total. The molecule has 1 saturated heterocycles. The first-order valence-electron chi connectivity index (χ1n) is 9.67. The fraction of sp³-hybridized carbons (Fsp3) is 0.333. The van der Waals surface area contributed by atoms with Gasteiger partial charge in [-0.2, -0.15) is 0 Å². The SMILES string of the molecule is Cc1ccc(NC(=O)C[NH+]2CC[NH+](CC(=O)Nc3ccc(F)cc3)CC2)c(F)c1. The minimum atomic E-state index is -0.435. The van der Waals surface area contributed by atoms with E-state index in [2.05, 4.69) is 10.6 Å². The van der Waals surface area contributed by atoms with Crippen molar-refractivity contribution in [2.75, 3.05) is 49.9 Å². The van der Waals surface area contributed by atoms with Crippen LogP contribution in [0.1, 0.15) is 5.56 Å². The molecular formula is C21H26F2N4O2+2. The molecule has 1 aliphatic heterocycles. The molecule has 2 amide bonds. The molecule has 1 aliphatic rings. The average molecular weight is 404 g/mol. The lowest BCUT2D eigenvalue weighted by Gasteiger charge is -2.29. The first-order valence-corrected chi connectivity index (χ1v) is 9.67. The molecule has 1 fully saturated rings. The Hall–Kier alpha value is -2.84. The second-order valence-corrected chi connectivity index (χ2v) is 7.44. The Balaban J connectivity index is 1.40. The Morgan fingerprint density at radius 1 is 0.862 bits per heavy atom. The maximum absolute atomic E-state index is 13.9. The quantitative estimate of drug-likeness (QED) is 0.531. The smallest absolute Gasteiger partial charge is 0.279 e. The van der Waals surface area contributed by atoms with E-state index in [1.807, 2.05) is 0 Å². The number of quaternary nitrogens is 2. The molecule has 154 valence electrons. The van der Waals surface area contributed by atoms with Gasteiger partial charge in [0, 0.05) is 5.69 Å². The van der Waals surface area contributed by atoms with Gasteiger partial charge in [-0.15, -0.1) is 0 Å². The number of amides is 2. The van der Waals surface area contributed by atoms with Crippen molar-refractivity contribution in [2.45, 2.75) is 6.92 Å². The van der Waals surface area contributed by atoms with Gasteiger partial charge in [-0.3, -0.25) is 9.59 Å². The highest BCUT2D eigenvalue weighted by Gasteiger charge is 2.26. The van der Waals surface area contributed by atoms with E-state index in [1.165, 1.54) is 30.3 Å². The Labute approximate surface area is 168 Å². The highest BCUT2D eigenvalue weighted by molar-refractivity contribution is 5.92. The topological polar surface area (TPSA) is 67.1 Å². The van der Waals surface area contributed by atoms with Crippen molar-refractivity contribution in [3.8, 4) is 0 Å². The molecule has 0 unspecified atom stereocenters. The molecule has 0 radical (unpaired) electrons. The van der Waals surface area contributed by atoms with Crippen LogP contribution in [0.3, 0.4) is 0 Å². The van der Waals surface area contributed by atoms with Crippen LogP contribution < -0.4 is 20.4 Å². The summed E-state index contributed by atoms with van der Waals surface area (Å²) in [4.78, 5) is 26.6. The van der Waals surface area contributed by atoms with Crippen LogP contribution in [0.2, 0.25) is 0 Å². The predicted octanol–water partition coefficient (Wildman–Crippen LogP) is -0.366. The van der Waals surface area contributed by atoms with Crippen LogP contribution in [-0.2, 0) is 9.59 Å². The van der Waals surface area contributed by atoms with E-state index >= 15 is 0 Å². The highest BCUT2D eigenvalue weighted by atomic mass is 19.1. The second-order valence-electron chi connectivity index (χ2n) is 7.44. The van der Waals surface area contributed by atoms with Crippen LogP contribution in [0, 0.1) is 18.6 Å². The number of hydrogen-bond acceptors (Lipinski definition) is 2. The first kappa shape index (κ1) is 20.9. The van der Waals surface area contributed by atoms with Gasteiger partial charge in [-0.05, 0) is 48.9 Å². The number of benzene rings is 2. The number of carbonyl (C=O) groups is 2. The molecule has 1 heterocycles. The summed E-state index contributed by atoms with van der Waals surface area (Å²) in [7, 11) is 0. The fourth-order valence-corrected chi connectivity index (χ4v) is 3.42. The Bertz CT molecular complexity index is 865. The summed E-state index contributed by atoms with van der Waals surface area (Å²) < 4.78 is 26.8. The van der Waals surface area contributed by atoms with Crippen molar-refractivity contribution in [3.63, 3.8) is 0 Å². The third kappa shape index (κ3) is 6.33. The van der Waals surface area contributed by atoms with E-state index < -0.39 is 5.82 Å². The Morgan fingerprint density at radius 2 is 1.41 bits per heavy atom. The van der Waals surface area contributed by atoms with E-state index in [9.17, 15) is 18.4 Å². The van der Waals surface area contributed by atoms with Gasteiger partial charge in [0.1, 0.15) is 37.8 Å². The van der Waals surface area contributed by atoms with Gasteiger partial charge in [0.2, 0.25) is 0 Å². The number of rotatable bonds is 6. The van der Waals surface area contributed by atoms with Crippen molar-refractivity contribution in [1.82, 2.24) is 0 Å². The zero-order valence-electron chi connectivity index (χ0n) is 16.4. The number of aryl methyl sites for hydroxylation is 1. The number of anilines is 2. The van der Waals surface area contributed by atoms with E-state index in [1.54, 1.807) is 19.1 Å². The molecule has 2 aromatic rings.